The summed E-state index contributed by atoms with van der Waals surface area (Å²) < 4.78 is 29.5. The first-order valence-corrected chi connectivity index (χ1v) is 8.15. The third-order valence-electron chi connectivity index (χ3n) is 2.28. The maximum absolute atomic E-state index is 12.6. The Bertz CT molecular complexity index is 397. The summed E-state index contributed by atoms with van der Waals surface area (Å²) in [7, 11) is -1.81. The minimum Gasteiger partial charge on any atom is -0.364 e. The summed E-state index contributed by atoms with van der Waals surface area (Å²) in [5.74, 6) is -0.703. The summed E-state index contributed by atoms with van der Waals surface area (Å²) >= 11 is 3.36. The Morgan fingerprint density at radius 1 is 1.17 bits per heavy atom. The van der Waals surface area contributed by atoms with E-state index < -0.39 is 13.4 Å². The van der Waals surface area contributed by atoms with Crippen LogP contribution in [0.3, 0.4) is 0 Å². The van der Waals surface area contributed by atoms with Crippen molar-refractivity contribution >= 4 is 23.5 Å². The average Bonchev–Trinajstić information content (AvgIpc) is 2.33. The number of benzene rings is 1. The van der Waals surface area contributed by atoms with Gasteiger partial charge < -0.3 is 13.8 Å². The number of methoxy groups -OCH3 is 1. The van der Waals surface area contributed by atoms with Crippen LogP contribution in [0.2, 0.25) is 0 Å². The Balaban J connectivity index is 3.05. The molecular weight excluding hydrogens is 319 g/mol. The molecule has 1 aromatic rings. The van der Waals surface area contributed by atoms with Gasteiger partial charge in [0.05, 0.1) is 13.2 Å². The number of rotatable bonds is 7. The number of hydrogen-bond acceptors (Lipinski definition) is 4. The second-order valence-electron chi connectivity index (χ2n) is 3.51. The SMILES string of the molecule is CCOP(=O)(OCC)C(OC)c1ccc(Br)cc1. The van der Waals surface area contributed by atoms with Crippen molar-refractivity contribution in [3.05, 3.63) is 34.3 Å². The van der Waals surface area contributed by atoms with E-state index in [1.807, 2.05) is 24.3 Å². The number of ether oxygens (including phenoxy) is 1. The van der Waals surface area contributed by atoms with Crippen LogP contribution in [0.4, 0.5) is 0 Å². The zero-order valence-electron chi connectivity index (χ0n) is 10.8. The Morgan fingerprint density at radius 2 is 1.67 bits per heavy atom. The molecule has 1 aromatic carbocycles. The number of hydrogen-bond donors (Lipinski definition) is 0. The summed E-state index contributed by atoms with van der Waals surface area (Å²) in [4.78, 5) is 0. The third-order valence-corrected chi connectivity index (χ3v) is 5.13. The fourth-order valence-corrected chi connectivity index (χ4v) is 3.73. The van der Waals surface area contributed by atoms with Crippen molar-refractivity contribution in [3.8, 4) is 0 Å². The monoisotopic (exact) mass is 336 g/mol. The van der Waals surface area contributed by atoms with Crippen LogP contribution >= 0.6 is 23.5 Å². The predicted molar refractivity (Wildman–Crippen MR) is 74.8 cm³/mol. The molecule has 0 amide bonds. The van der Waals surface area contributed by atoms with Crippen molar-refractivity contribution < 1.29 is 18.3 Å². The van der Waals surface area contributed by atoms with Crippen molar-refractivity contribution in [3.63, 3.8) is 0 Å². The third kappa shape index (κ3) is 3.90. The highest BCUT2D eigenvalue weighted by Gasteiger charge is 2.37. The molecule has 0 aliphatic heterocycles. The second-order valence-corrected chi connectivity index (χ2v) is 6.50. The van der Waals surface area contributed by atoms with E-state index in [0.717, 1.165) is 10.0 Å². The van der Waals surface area contributed by atoms with Crippen LogP contribution in [0.15, 0.2) is 28.7 Å². The molecule has 0 aliphatic rings. The van der Waals surface area contributed by atoms with Crippen LogP contribution in [0.5, 0.6) is 0 Å². The van der Waals surface area contributed by atoms with Crippen LogP contribution in [-0.4, -0.2) is 20.3 Å². The predicted octanol–water partition coefficient (Wildman–Crippen LogP) is 4.36. The lowest BCUT2D eigenvalue weighted by Gasteiger charge is -2.25. The topological polar surface area (TPSA) is 44.8 Å². The van der Waals surface area contributed by atoms with Gasteiger partial charge in [-0.25, -0.2) is 0 Å². The van der Waals surface area contributed by atoms with Crippen molar-refractivity contribution in [1.82, 2.24) is 0 Å². The zero-order valence-corrected chi connectivity index (χ0v) is 13.2. The first kappa shape index (κ1) is 15.9. The van der Waals surface area contributed by atoms with Gasteiger partial charge in [0.25, 0.3) is 0 Å². The van der Waals surface area contributed by atoms with Crippen molar-refractivity contribution in [2.75, 3.05) is 20.3 Å². The van der Waals surface area contributed by atoms with Gasteiger partial charge >= 0.3 is 7.60 Å². The smallest absolute Gasteiger partial charge is 0.363 e. The standard InChI is InChI=1S/C12H18BrO4P/c1-4-16-18(14,17-5-2)12(15-3)10-6-8-11(13)9-7-10/h6-9,12H,4-5H2,1-3H3. The first-order chi connectivity index (χ1) is 8.57. The highest BCUT2D eigenvalue weighted by molar-refractivity contribution is 9.10. The molecule has 6 heteroatoms. The molecule has 1 rings (SSSR count). The molecular formula is C12H18BrO4P. The summed E-state index contributed by atoms with van der Waals surface area (Å²) in [6.45, 7) is 4.18. The van der Waals surface area contributed by atoms with Gasteiger partial charge in [-0.05, 0) is 31.5 Å². The summed E-state index contributed by atoms with van der Waals surface area (Å²) in [6, 6.07) is 7.40. The molecule has 1 atom stereocenters. The molecule has 0 radical (unpaired) electrons. The molecule has 0 bridgehead atoms. The van der Waals surface area contributed by atoms with E-state index in [2.05, 4.69) is 15.9 Å². The molecule has 18 heavy (non-hydrogen) atoms. The second kappa shape index (κ2) is 7.41. The van der Waals surface area contributed by atoms with Crippen LogP contribution in [0.1, 0.15) is 25.3 Å². The maximum Gasteiger partial charge on any atom is 0.363 e. The quantitative estimate of drug-likeness (QED) is 0.694. The van der Waals surface area contributed by atoms with Crippen LogP contribution < -0.4 is 0 Å². The average molecular weight is 337 g/mol. The minimum atomic E-state index is -3.30. The normalized spacial score (nSPS) is 13.6. The van der Waals surface area contributed by atoms with Crippen LogP contribution in [-0.2, 0) is 18.3 Å². The van der Waals surface area contributed by atoms with E-state index >= 15 is 0 Å². The van der Waals surface area contributed by atoms with E-state index in [4.69, 9.17) is 13.8 Å². The molecule has 0 spiro atoms. The lowest BCUT2D eigenvalue weighted by atomic mass is 10.2. The van der Waals surface area contributed by atoms with Crippen molar-refractivity contribution in [1.29, 1.82) is 0 Å². The first-order valence-electron chi connectivity index (χ1n) is 5.74. The molecule has 0 N–H and O–H groups in total. The van der Waals surface area contributed by atoms with Gasteiger partial charge in [-0.2, -0.15) is 0 Å². The van der Waals surface area contributed by atoms with E-state index in [9.17, 15) is 4.57 Å². The number of halogens is 1. The molecule has 0 saturated carbocycles. The summed E-state index contributed by atoms with van der Waals surface area (Å²) in [6.07, 6.45) is 0. The Hall–Kier alpha value is -0.190. The molecule has 102 valence electrons. The van der Waals surface area contributed by atoms with Gasteiger partial charge in [-0.1, -0.05) is 28.1 Å². The molecule has 0 aliphatic carbocycles. The van der Waals surface area contributed by atoms with Gasteiger partial charge in [-0.3, -0.25) is 4.57 Å². The summed E-state index contributed by atoms with van der Waals surface area (Å²) in [5.41, 5.74) is 0.769. The minimum absolute atomic E-state index is 0.313. The molecule has 0 heterocycles. The van der Waals surface area contributed by atoms with Gasteiger partial charge in [-0.15, -0.1) is 0 Å². The Kier molecular flexibility index (Phi) is 6.53. The molecule has 4 nitrogen and oxygen atoms in total. The molecule has 1 unspecified atom stereocenters. The van der Waals surface area contributed by atoms with E-state index in [1.54, 1.807) is 13.8 Å². The van der Waals surface area contributed by atoms with Gasteiger partial charge in [0.1, 0.15) is 0 Å². The summed E-state index contributed by atoms with van der Waals surface area (Å²) in [5, 5.41) is 0. The zero-order chi connectivity index (χ0) is 13.6. The van der Waals surface area contributed by atoms with Crippen molar-refractivity contribution in [2.45, 2.75) is 19.7 Å². The van der Waals surface area contributed by atoms with Crippen molar-refractivity contribution in [2.24, 2.45) is 0 Å². The maximum atomic E-state index is 12.6. The lowest BCUT2D eigenvalue weighted by Crippen LogP contribution is -2.08. The van der Waals surface area contributed by atoms with Gasteiger partial charge in [0.2, 0.25) is 0 Å². The fraction of sp³-hybridized carbons (Fsp3) is 0.500. The molecule has 0 aromatic heterocycles. The molecule has 0 fully saturated rings. The Morgan fingerprint density at radius 3 is 2.06 bits per heavy atom. The lowest BCUT2D eigenvalue weighted by molar-refractivity contribution is 0.109. The van der Waals surface area contributed by atoms with E-state index in [1.165, 1.54) is 7.11 Å². The van der Waals surface area contributed by atoms with E-state index in [-0.39, 0.29) is 0 Å². The van der Waals surface area contributed by atoms with Crippen LogP contribution in [0.25, 0.3) is 0 Å². The highest BCUT2D eigenvalue weighted by Crippen LogP contribution is 2.61. The van der Waals surface area contributed by atoms with E-state index in [0.29, 0.717) is 13.2 Å². The van der Waals surface area contributed by atoms with Crippen LogP contribution in [0, 0.1) is 0 Å². The molecule has 0 saturated heterocycles. The fourth-order valence-electron chi connectivity index (χ4n) is 1.61. The highest BCUT2D eigenvalue weighted by atomic mass is 79.9. The largest absolute Gasteiger partial charge is 0.364 e. The Labute approximate surface area is 116 Å². The van der Waals surface area contributed by atoms with Gasteiger partial charge in [0.15, 0.2) is 5.85 Å². The van der Waals surface area contributed by atoms with Gasteiger partial charge in [0, 0.05) is 11.6 Å².